The number of aliphatic carboxylic acids is 1. The summed E-state index contributed by atoms with van der Waals surface area (Å²) in [7, 11) is 3.64. The van der Waals surface area contributed by atoms with Crippen LogP contribution >= 0.6 is 0 Å². The van der Waals surface area contributed by atoms with E-state index in [4.69, 9.17) is 4.74 Å². The summed E-state index contributed by atoms with van der Waals surface area (Å²) in [6, 6.07) is 5.81. The average molecular weight is 263 g/mol. The SMILES string of the molecule is COc1ccc2c(c1)CCN(C)C2C(C)(C)C(=O)O. The van der Waals surface area contributed by atoms with Crippen molar-refractivity contribution < 1.29 is 14.6 Å². The van der Waals surface area contributed by atoms with Crippen molar-refractivity contribution in [2.24, 2.45) is 5.41 Å². The number of rotatable bonds is 3. The molecule has 1 atom stereocenters. The molecule has 1 N–H and O–H groups in total. The maximum Gasteiger partial charge on any atom is 0.311 e. The number of likely N-dealkylation sites (N-methyl/N-ethyl adjacent to an activating group) is 1. The highest BCUT2D eigenvalue weighted by atomic mass is 16.5. The van der Waals surface area contributed by atoms with E-state index in [0.29, 0.717) is 0 Å². The minimum absolute atomic E-state index is 0.111. The van der Waals surface area contributed by atoms with Crippen LogP contribution in [0.5, 0.6) is 5.75 Å². The van der Waals surface area contributed by atoms with Crippen LogP contribution in [0.15, 0.2) is 18.2 Å². The third kappa shape index (κ3) is 2.32. The minimum Gasteiger partial charge on any atom is -0.497 e. The molecule has 0 bridgehead atoms. The predicted molar refractivity (Wildman–Crippen MR) is 73.5 cm³/mol. The van der Waals surface area contributed by atoms with E-state index in [1.807, 2.05) is 25.2 Å². The van der Waals surface area contributed by atoms with Gasteiger partial charge < -0.3 is 9.84 Å². The van der Waals surface area contributed by atoms with E-state index in [-0.39, 0.29) is 6.04 Å². The topological polar surface area (TPSA) is 49.8 Å². The Balaban J connectivity index is 2.49. The van der Waals surface area contributed by atoms with Crippen LogP contribution in [0.1, 0.15) is 31.0 Å². The Morgan fingerprint density at radius 2 is 2.16 bits per heavy atom. The van der Waals surface area contributed by atoms with E-state index in [1.54, 1.807) is 21.0 Å². The first kappa shape index (κ1) is 13.9. The van der Waals surface area contributed by atoms with Crippen LogP contribution in [-0.2, 0) is 11.2 Å². The quantitative estimate of drug-likeness (QED) is 0.909. The molecule has 2 rings (SSSR count). The van der Waals surface area contributed by atoms with E-state index >= 15 is 0 Å². The van der Waals surface area contributed by atoms with Gasteiger partial charge >= 0.3 is 5.97 Å². The number of carboxylic acid groups (broad SMARTS) is 1. The van der Waals surface area contributed by atoms with Gasteiger partial charge in [0.25, 0.3) is 0 Å². The minimum atomic E-state index is -0.821. The van der Waals surface area contributed by atoms with Gasteiger partial charge in [0, 0.05) is 6.54 Å². The maximum atomic E-state index is 11.5. The normalized spacial score (nSPS) is 19.9. The zero-order valence-electron chi connectivity index (χ0n) is 11.9. The lowest BCUT2D eigenvalue weighted by atomic mass is 9.76. The van der Waals surface area contributed by atoms with Crippen molar-refractivity contribution in [1.29, 1.82) is 0 Å². The summed E-state index contributed by atoms with van der Waals surface area (Å²) in [6.45, 7) is 4.44. The summed E-state index contributed by atoms with van der Waals surface area (Å²) in [5, 5.41) is 9.49. The van der Waals surface area contributed by atoms with Gasteiger partial charge in [-0.2, -0.15) is 0 Å². The molecule has 0 fully saturated rings. The number of nitrogens with zero attached hydrogens (tertiary/aromatic N) is 1. The van der Waals surface area contributed by atoms with Crippen LogP contribution < -0.4 is 4.74 Å². The van der Waals surface area contributed by atoms with Gasteiger partial charge in [0.05, 0.1) is 18.6 Å². The zero-order chi connectivity index (χ0) is 14.2. The molecule has 1 unspecified atom stereocenters. The largest absolute Gasteiger partial charge is 0.497 e. The summed E-state index contributed by atoms with van der Waals surface area (Å²) in [4.78, 5) is 13.7. The highest BCUT2D eigenvalue weighted by Gasteiger charge is 2.42. The molecule has 0 aromatic heterocycles. The summed E-state index contributed by atoms with van der Waals surface area (Å²) in [6.07, 6.45) is 0.926. The number of methoxy groups -OCH3 is 1. The molecule has 104 valence electrons. The van der Waals surface area contributed by atoms with Crippen molar-refractivity contribution in [3.05, 3.63) is 29.3 Å². The lowest BCUT2D eigenvalue weighted by molar-refractivity contribution is -0.151. The average Bonchev–Trinajstić information content (AvgIpc) is 2.37. The molecule has 4 heteroatoms. The van der Waals surface area contributed by atoms with Crippen LogP contribution in [0.25, 0.3) is 0 Å². The number of hydrogen-bond donors (Lipinski definition) is 1. The van der Waals surface area contributed by atoms with Crippen LogP contribution in [0.3, 0.4) is 0 Å². The lowest BCUT2D eigenvalue weighted by Crippen LogP contribution is -2.44. The number of fused-ring (bicyclic) bond motifs is 1. The number of benzene rings is 1. The molecule has 0 saturated heterocycles. The fourth-order valence-corrected chi connectivity index (χ4v) is 2.91. The van der Waals surface area contributed by atoms with Crippen LogP contribution in [0.4, 0.5) is 0 Å². The van der Waals surface area contributed by atoms with Crippen molar-refractivity contribution in [1.82, 2.24) is 4.90 Å². The van der Waals surface area contributed by atoms with Crippen LogP contribution in [0.2, 0.25) is 0 Å². The molecule has 4 nitrogen and oxygen atoms in total. The number of carboxylic acids is 1. The Morgan fingerprint density at radius 3 is 2.74 bits per heavy atom. The molecular formula is C15H21NO3. The fourth-order valence-electron chi connectivity index (χ4n) is 2.91. The second-order valence-corrected chi connectivity index (χ2v) is 5.72. The van der Waals surface area contributed by atoms with Gasteiger partial charge in [-0.3, -0.25) is 9.69 Å². The third-order valence-electron chi connectivity index (χ3n) is 4.05. The van der Waals surface area contributed by atoms with E-state index in [1.165, 1.54) is 5.56 Å². The number of ether oxygens (including phenoxy) is 1. The zero-order valence-corrected chi connectivity index (χ0v) is 11.9. The summed E-state index contributed by atoms with van der Waals surface area (Å²) >= 11 is 0. The van der Waals surface area contributed by atoms with Gasteiger partial charge in [-0.15, -0.1) is 0 Å². The maximum absolute atomic E-state index is 11.5. The summed E-state index contributed by atoms with van der Waals surface area (Å²) in [5.41, 5.74) is 1.47. The van der Waals surface area contributed by atoms with Crippen LogP contribution in [0, 0.1) is 5.41 Å². The second kappa shape index (κ2) is 4.85. The summed E-state index contributed by atoms with van der Waals surface area (Å²) < 4.78 is 5.25. The molecular weight excluding hydrogens is 242 g/mol. The first-order valence-electron chi connectivity index (χ1n) is 6.48. The molecule has 0 aliphatic carbocycles. The van der Waals surface area contributed by atoms with E-state index in [2.05, 4.69) is 4.90 Å². The number of hydrogen-bond acceptors (Lipinski definition) is 3. The Labute approximate surface area is 114 Å². The third-order valence-corrected chi connectivity index (χ3v) is 4.05. The van der Waals surface area contributed by atoms with Gasteiger partial charge in [-0.25, -0.2) is 0 Å². The highest BCUT2D eigenvalue weighted by Crippen LogP contribution is 2.42. The Hall–Kier alpha value is -1.55. The Bertz CT molecular complexity index is 496. The molecule has 19 heavy (non-hydrogen) atoms. The van der Waals surface area contributed by atoms with Crippen molar-refractivity contribution in [3.63, 3.8) is 0 Å². The first-order chi connectivity index (χ1) is 8.87. The molecule has 1 aromatic rings. The highest BCUT2D eigenvalue weighted by molar-refractivity contribution is 5.75. The lowest BCUT2D eigenvalue weighted by Gasteiger charge is -2.42. The smallest absolute Gasteiger partial charge is 0.311 e. The Morgan fingerprint density at radius 1 is 1.47 bits per heavy atom. The molecule has 1 aromatic carbocycles. The van der Waals surface area contributed by atoms with Gasteiger partial charge in [0.15, 0.2) is 0 Å². The second-order valence-electron chi connectivity index (χ2n) is 5.72. The van der Waals surface area contributed by atoms with E-state index in [0.717, 1.165) is 24.3 Å². The first-order valence-corrected chi connectivity index (χ1v) is 6.48. The molecule has 1 aliphatic heterocycles. The summed E-state index contributed by atoms with van der Waals surface area (Å²) in [5.74, 6) is 0.0585. The fraction of sp³-hybridized carbons (Fsp3) is 0.533. The van der Waals surface area contributed by atoms with Gasteiger partial charge in [0.1, 0.15) is 5.75 Å². The molecule has 0 amide bonds. The monoisotopic (exact) mass is 263 g/mol. The molecule has 0 saturated carbocycles. The van der Waals surface area contributed by atoms with Crippen molar-refractivity contribution >= 4 is 5.97 Å². The Kier molecular flexibility index (Phi) is 3.54. The van der Waals surface area contributed by atoms with Crippen LogP contribution in [-0.4, -0.2) is 36.7 Å². The van der Waals surface area contributed by atoms with Gasteiger partial charge in [0.2, 0.25) is 0 Å². The molecule has 1 heterocycles. The predicted octanol–water partition coefficient (Wildman–Crippen LogP) is 2.33. The van der Waals surface area contributed by atoms with Crippen molar-refractivity contribution in [2.75, 3.05) is 20.7 Å². The molecule has 1 aliphatic rings. The van der Waals surface area contributed by atoms with E-state index < -0.39 is 11.4 Å². The molecule has 0 spiro atoms. The van der Waals surface area contributed by atoms with Gasteiger partial charge in [-0.05, 0) is 50.6 Å². The van der Waals surface area contributed by atoms with Gasteiger partial charge in [-0.1, -0.05) is 6.07 Å². The number of carbonyl (C=O) groups is 1. The molecule has 0 radical (unpaired) electrons. The standard InChI is InChI=1S/C15H21NO3/c1-15(2,14(17)18)13-12-6-5-11(19-4)9-10(12)7-8-16(13)3/h5-6,9,13H,7-8H2,1-4H3,(H,17,18). The van der Waals surface area contributed by atoms with Crippen molar-refractivity contribution in [3.8, 4) is 5.75 Å². The van der Waals surface area contributed by atoms with E-state index in [9.17, 15) is 9.90 Å². The van der Waals surface area contributed by atoms with Crippen molar-refractivity contribution in [2.45, 2.75) is 26.3 Å².